The number of hydrogen-bond donors (Lipinski definition) is 9. The van der Waals surface area contributed by atoms with Crippen LogP contribution in [0, 0.1) is 11.8 Å². The van der Waals surface area contributed by atoms with Crippen molar-refractivity contribution in [2.24, 2.45) is 29.0 Å². The molecule has 13 nitrogen and oxygen atoms in total. The SMILES string of the molecule is CCCCCCCCC=CCCCCCCCC[N+](C)(CCCC[N+](C)(CCCCCCCCC=CCCCCCCCC)CC(C)CNC(=O)C(CCCNCCCN)NCCCN)CC(C)CNC(=O)C(CCCNCCCN)NCCCC. The molecular formula is C73H153N11O2+2. The van der Waals surface area contributed by atoms with Crippen molar-refractivity contribution in [2.75, 3.05) is 125 Å². The van der Waals surface area contributed by atoms with Gasteiger partial charge in [0.05, 0.1) is 65.4 Å². The molecular weight excluding hydrogens is 1060 g/mol. The van der Waals surface area contributed by atoms with Crippen molar-refractivity contribution in [2.45, 2.75) is 297 Å². The summed E-state index contributed by atoms with van der Waals surface area (Å²) in [4.78, 5) is 27.6. The number of nitrogens with zero attached hydrogens (tertiary/aromatic N) is 2. The number of amides is 2. The lowest BCUT2D eigenvalue weighted by Gasteiger charge is -2.39. The Morgan fingerprint density at radius 2 is 0.640 bits per heavy atom. The van der Waals surface area contributed by atoms with Crippen LogP contribution in [0.5, 0.6) is 0 Å². The lowest BCUT2D eigenvalue weighted by Crippen LogP contribution is -2.52. The minimum atomic E-state index is -0.204. The van der Waals surface area contributed by atoms with Gasteiger partial charge in [-0.3, -0.25) is 9.59 Å². The van der Waals surface area contributed by atoms with E-state index in [1.54, 1.807) is 0 Å². The summed E-state index contributed by atoms with van der Waals surface area (Å²) < 4.78 is 2.13. The second kappa shape index (κ2) is 63.2. The second-order valence-corrected chi connectivity index (χ2v) is 27.4. The molecule has 0 aromatic carbocycles. The number of carbonyl (C=O) groups is 2. The lowest BCUT2D eigenvalue weighted by molar-refractivity contribution is -0.918. The van der Waals surface area contributed by atoms with Crippen molar-refractivity contribution < 1.29 is 18.6 Å². The summed E-state index contributed by atoms with van der Waals surface area (Å²) in [7, 11) is 5.03. The van der Waals surface area contributed by atoms with Crippen LogP contribution >= 0.6 is 0 Å². The van der Waals surface area contributed by atoms with Gasteiger partial charge in [0, 0.05) is 37.8 Å². The molecule has 0 aromatic heterocycles. The van der Waals surface area contributed by atoms with Crippen LogP contribution in [0.2, 0.25) is 0 Å². The maximum Gasteiger partial charge on any atom is 0.237 e. The van der Waals surface area contributed by atoms with Gasteiger partial charge in [-0.2, -0.15) is 0 Å². The second-order valence-electron chi connectivity index (χ2n) is 27.4. The molecule has 0 bridgehead atoms. The molecule has 0 aliphatic rings. The Hall–Kier alpha value is -1.94. The van der Waals surface area contributed by atoms with Gasteiger partial charge in [-0.05, 0) is 187 Å². The van der Waals surface area contributed by atoms with E-state index in [-0.39, 0.29) is 23.9 Å². The van der Waals surface area contributed by atoms with E-state index in [0.717, 1.165) is 126 Å². The molecule has 86 heavy (non-hydrogen) atoms. The van der Waals surface area contributed by atoms with Gasteiger partial charge in [0.2, 0.25) is 11.8 Å². The summed E-state index contributed by atoms with van der Waals surface area (Å²) in [5.41, 5.74) is 17.3. The first kappa shape index (κ1) is 84.1. The summed E-state index contributed by atoms with van der Waals surface area (Å²) in [6, 6.07) is -0.357. The number of hydrogen-bond acceptors (Lipinski definition) is 9. The van der Waals surface area contributed by atoms with Gasteiger partial charge in [-0.15, -0.1) is 0 Å². The minimum Gasteiger partial charge on any atom is -0.354 e. The predicted octanol–water partition coefficient (Wildman–Crippen LogP) is 13.7. The van der Waals surface area contributed by atoms with Crippen molar-refractivity contribution in [3.05, 3.63) is 24.3 Å². The molecule has 0 radical (unpaired) electrons. The largest absolute Gasteiger partial charge is 0.354 e. The zero-order valence-corrected chi connectivity index (χ0v) is 58.7. The van der Waals surface area contributed by atoms with Crippen LogP contribution in [0.25, 0.3) is 0 Å². The average molecular weight is 1220 g/mol. The predicted molar refractivity (Wildman–Crippen MR) is 378 cm³/mol. The van der Waals surface area contributed by atoms with Crippen LogP contribution in [0.3, 0.4) is 0 Å². The number of allylic oxidation sites excluding steroid dienone is 4. The Kier molecular flexibility index (Phi) is 61.8. The molecule has 0 saturated carbocycles. The van der Waals surface area contributed by atoms with E-state index in [1.807, 2.05) is 0 Å². The fourth-order valence-corrected chi connectivity index (χ4v) is 12.5. The molecule has 2 amide bonds. The number of carbonyl (C=O) groups excluding carboxylic acids is 2. The maximum absolute atomic E-state index is 13.8. The number of quaternary nitrogens is 2. The summed E-state index contributed by atoms with van der Waals surface area (Å²) >= 11 is 0. The first-order valence-corrected chi connectivity index (χ1v) is 37.4. The molecule has 0 spiro atoms. The monoisotopic (exact) mass is 1220 g/mol. The van der Waals surface area contributed by atoms with Gasteiger partial charge in [0.15, 0.2) is 0 Å². The summed E-state index contributed by atoms with van der Waals surface area (Å²) in [5, 5.41) is 20.9. The van der Waals surface area contributed by atoms with Crippen molar-refractivity contribution in [1.29, 1.82) is 0 Å². The molecule has 0 aromatic rings. The molecule has 510 valence electrons. The molecule has 0 aliphatic heterocycles. The highest BCUT2D eigenvalue weighted by atomic mass is 16.2. The zero-order chi connectivity index (χ0) is 63.1. The van der Waals surface area contributed by atoms with Crippen LogP contribution in [0.1, 0.15) is 285 Å². The third-order valence-corrected chi connectivity index (χ3v) is 18.0. The quantitative estimate of drug-likeness (QED) is 0.0162. The molecule has 0 saturated heterocycles. The van der Waals surface area contributed by atoms with E-state index in [9.17, 15) is 9.59 Å². The maximum atomic E-state index is 13.8. The van der Waals surface area contributed by atoms with Crippen LogP contribution < -0.4 is 49.1 Å². The normalized spacial score (nSPS) is 14.9. The third-order valence-electron chi connectivity index (χ3n) is 18.0. The molecule has 6 unspecified atom stereocenters. The highest BCUT2D eigenvalue weighted by Gasteiger charge is 2.29. The number of nitrogens with two attached hydrogens (primary N) is 3. The van der Waals surface area contributed by atoms with E-state index in [0.29, 0.717) is 38.0 Å². The molecule has 0 fully saturated rings. The zero-order valence-electron chi connectivity index (χ0n) is 58.7. The highest BCUT2D eigenvalue weighted by molar-refractivity contribution is 5.82. The van der Waals surface area contributed by atoms with Gasteiger partial charge in [-0.1, -0.05) is 168 Å². The van der Waals surface area contributed by atoms with Crippen molar-refractivity contribution >= 4 is 11.8 Å². The van der Waals surface area contributed by atoms with Gasteiger partial charge in [-0.25, -0.2) is 0 Å². The first-order chi connectivity index (χ1) is 41.9. The van der Waals surface area contributed by atoms with Crippen molar-refractivity contribution in [1.82, 2.24) is 31.9 Å². The Labute approximate surface area is 535 Å². The average Bonchev–Trinajstić information content (AvgIpc) is 3.67. The smallest absolute Gasteiger partial charge is 0.237 e. The molecule has 13 heteroatoms. The number of rotatable bonds is 69. The third kappa shape index (κ3) is 54.9. The van der Waals surface area contributed by atoms with Crippen LogP contribution in [0.15, 0.2) is 24.3 Å². The van der Waals surface area contributed by atoms with E-state index in [4.69, 9.17) is 17.2 Å². The fourth-order valence-electron chi connectivity index (χ4n) is 12.5. The number of unbranched alkanes of at least 4 members (excludes halogenated alkanes) is 26. The Morgan fingerprint density at radius 3 is 0.977 bits per heavy atom. The topological polar surface area (TPSA) is 184 Å². The standard InChI is InChI=1S/C73H151N11O2/c1-8-11-14-16-18-20-22-24-26-28-30-32-34-36-38-40-60-83(6,66-68(4)64-81-72(85)70(79-58-13-10-3)49-44-54-77-56-46-51-74)62-42-43-63-84(7,61-41-39-37-35-33-31-29-27-25-23-21-19-17-15-12-9-2)67-69(5)65-82-73(86)71(80-59-48-53-76)50-45-55-78-57-47-52-75/h24-27,68-71,77-80H,8-23,28-67,74-76H2,1-7H3/p+2. The van der Waals surface area contributed by atoms with Gasteiger partial charge in [0.25, 0.3) is 0 Å². The first-order valence-electron chi connectivity index (χ1n) is 37.4. The van der Waals surface area contributed by atoms with Crippen LogP contribution in [0.4, 0.5) is 0 Å². The summed E-state index contributed by atoms with van der Waals surface area (Å²) in [6.45, 7) is 27.1. The van der Waals surface area contributed by atoms with Gasteiger partial charge < -0.3 is 58.1 Å². The van der Waals surface area contributed by atoms with Crippen molar-refractivity contribution in [3.8, 4) is 0 Å². The summed E-state index contributed by atoms with van der Waals surface area (Å²) in [6.07, 6.45) is 57.9. The van der Waals surface area contributed by atoms with Gasteiger partial charge in [0.1, 0.15) is 0 Å². The molecule has 12 N–H and O–H groups in total. The van der Waals surface area contributed by atoms with Crippen LogP contribution in [-0.4, -0.2) is 158 Å². The molecule has 0 rings (SSSR count). The molecule has 6 atom stereocenters. The van der Waals surface area contributed by atoms with Crippen LogP contribution in [-0.2, 0) is 9.59 Å². The highest BCUT2D eigenvalue weighted by Crippen LogP contribution is 2.20. The molecule has 0 heterocycles. The minimum absolute atomic E-state index is 0.122. The summed E-state index contributed by atoms with van der Waals surface area (Å²) in [5.74, 6) is 1.02. The molecule has 0 aliphatic carbocycles. The van der Waals surface area contributed by atoms with Crippen molar-refractivity contribution in [3.63, 3.8) is 0 Å². The fraction of sp³-hybridized carbons (Fsp3) is 0.918. The van der Waals surface area contributed by atoms with E-state index < -0.39 is 0 Å². The number of nitrogens with one attached hydrogen (secondary N) is 6. The Bertz CT molecular complexity index is 1400. The lowest BCUT2D eigenvalue weighted by atomic mass is 10.0. The van der Waals surface area contributed by atoms with E-state index in [2.05, 4.69) is 105 Å². The Balaban J connectivity index is 5.90. The van der Waals surface area contributed by atoms with E-state index >= 15 is 0 Å². The van der Waals surface area contributed by atoms with Gasteiger partial charge >= 0.3 is 0 Å². The Morgan fingerprint density at radius 1 is 0.360 bits per heavy atom. The van der Waals surface area contributed by atoms with E-state index in [1.165, 1.54) is 219 Å².